The van der Waals surface area contributed by atoms with Gasteiger partial charge >= 0.3 is 0 Å². The van der Waals surface area contributed by atoms with Gasteiger partial charge in [-0.15, -0.1) is 0 Å². The predicted molar refractivity (Wildman–Crippen MR) is 244 cm³/mol. The minimum absolute atomic E-state index is 0.0394. The van der Waals surface area contributed by atoms with E-state index in [4.69, 9.17) is 13.2 Å². The lowest BCUT2D eigenvalue weighted by molar-refractivity contribution is 0.466. The molecule has 0 aliphatic heterocycles. The lowest BCUT2D eigenvalue weighted by Gasteiger charge is -2.22. The lowest BCUT2D eigenvalue weighted by atomic mass is 9.83. The number of aromatic nitrogens is 3. The van der Waals surface area contributed by atoms with Crippen LogP contribution in [0.3, 0.4) is 0 Å². The molecule has 0 unspecified atom stereocenters. The Labute approximate surface area is 353 Å². The zero-order valence-corrected chi connectivity index (χ0v) is 34.7. The second-order valence-corrected chi connectivity index (χ2v) is 16.9. The quantitative estimate of drug-likeness (QED) is 0.168. The van der Waals surface area contributed by atoms with Gasteiger partial charge in [0.1, 0.15) is 11.6 Å². The van der Waals surface area contributed by atoms with E-state index in [2.05, 4.69) is 113 Å². The number of fused-ring (bicyclic) bond motifs is 1. The Morgan fingerprint density at radius 1 is 0.638 bits per heavy atom. The van der Waals surface area contributed by atoms with Crippen LogP contribution in [0.1, 0.15) is 97.7 Å². The van der Waals surface area contributed by atoms with Gasteiger partial charge in [-0.3, -0.25) is 9.55 Å². The van der Waals surface area contributed by atoms with Crippen molar-refractivity contribution in [2.75, 3.05) is 0 Å². The Balaban J connectivity index is 1.46. The molecule has 0 fully saturated rings. The Morgan fingerprint density at radius 3 is 2.09 bits per heavy atom. The monoisotopic (exact) mass is 766 g/mol. The van der Waals surface area contributed by atoms with Crippen LogP contribution in [0.25, 0.3) is 72.7 Å². The van der Waals surface area contributed by atoms with Crippen LogP contribution in [0.5, 0.6) is 5.75 Å². The van der Waals surface area contributed by atoms with Crippen molar-refractivity contribution in [3.05, 3.63) is 167 Å². The third kappa shape index (κ3) is 7.36. The third-order valence-corrected chi connectivity index (χ3v) is 10.8. The molecule has 6 aromatic carbocycles. The number of phenolic OH excluding ortho intramolecular Hbond substituents is 1. The van der Waals surface area contributed by atoms with E-state index >= 15 is 0 Å². The first kappa shape index (κ1) is 30.8. The fourth-order valence-corrected chi connectivity index (χ4v) is 7.51. The topological polar surface area (TPSA) is 50.9 Å². The number of imidazole rings is 1. The molecule has 0 bridgehead atoms. The molecule has 4 heteroatoms. The van der Waals surface area contributed by atoms with Gasteiger partial charge in [-0.05, 0) is 119 Å². The number of benzene rings is 6. The molecule has 58 heavy (non-hydrogen) atoms. The van der Waals surface area contributed by atoms with Crippen molar-refractivity contribution < 1.29 is 14.7 Å². The fourth-order valence-electron chi connectivity index (χ4n) is 7.51. The van der Waals surface area contributed by atoms with Gasteiger partial charge in [0, 0.05) is 22.9 Å². The number of phenols is 1. The second kappa shape index (κ2) is 15.2. The number of para-hydroxylation sites is 1. The first-order chi connectivity index (χ1) is 30.7. The summed E-state index contributed by atoms with van der Waals surface area (Å²) in [7, 11) is 0. The van der Waals surface area contributed by atoms with Crippen molar-refractivity contribution >= 4 is 11.0 Å². The molecule has 290 valence electrons. The molecule has 0 atom stereocenters. The van der Waals surface area contributed by atoms with Gasteiger partial charge in [0.05, 0.1) is 37.6 Å². The molecule has 0 aliphatic rings. The van der Waals surface area contributed by atoms with Crippen molar-refractivity contribution in [3.8, 4) is 67.5 Å². The summed E-state index contributed by atoms with van der Waals surface area (Å²) in [5.41, 5.74) is 10.4. The van der Waals surface area contributed by atoms with Crippen LogP contribution in [0.15, 0.2) is 139 Å². The Morgan fingerprint density at radius 2 is 1.38 bits per heavy atom. The van der Waals surface area contributed by atoms with Crippen LogP contribution in [-0.4, -0.2) is 19.6 Å². The predicted octanol–water partition coefficient (Wildman–Crippen LogP) is 14.6. The highest BCUT2D eigenvalue weighted by molar-refractivity contribution is 5.98. The van der Waals surface area contributed by atoms with Gasteiger partial charge in [0.15, 0.2) is 0 Å². The summed E-state index contributed by atoms with van der Waals surface area (Å²) in [6, 6.07) is 30.7. The molecule has 0 radical (unpaired) electrons. The SMILES string of the molecule is [2H]c1nc(-c2cc(-c3cccc4c3nc(-c3cc(C(C)C)cc(C(C)C)c3O)n4-c3ccc(C)cc3-c3ccccc3)cc(C(C)(C)C)c2)c([2H])c(-c2c([2H])c([2H])c(C)c([2H])c2[2H])c1[2H]. The zero-order chi connectivity index (χ0) is 47.0. The summed E-state index contributed by atoms with van der Waals surface area (Å²) in [4.78, 5) is 10.0. The van der Waals surface area contributed by atoms with Crippen LogP contribution >= 0.6 is 0 Å². The van der Waals surface area contributed by atoms with Gasteiger partial charge in [-0.2, -0.15) is 0 Å². The molecule has 0 saturated heterocycles. The summed E-state index contributed by atoms with van der Waals surface area (Å²) in [5.74, 6) is 0.969. The first-order valence-corrected chi connectivity index (χ1v) is 20.0. The van der Waals surface area contributed by atoms with Gasteiger partial charge in [0.25, 0.3) is 0 Å². The Hall–Kier alpha value is -6.26. The van der Waals surface area contributed by atoms with Crippen LogP contribution in [-0.2, 0) is 5.41 Å². The molecule has 0 aliphatic carbocycles. The highest BCUT2D eigenvalue weighted by Crippen LogP contribution is 2.44. The highest BCUT2D eigenvalue weighted by Gasteiger charge is 2.26. The summed E-state index contributed by atoms with van der Waals surface area (Å²) in [5, 5.41) is 12.2. The Bertz CT molecular complexity index is 3170. The standard InChI is InChI=1S/C54H53N3O/c1-33(2)40-30-45(34(3)4)52(58)47(31-40)53-56-51-44(16-13-17-50(51)57(53)49-23-20-36(6)26-46(49)38-14-11-10-12-15-38)41-27-42(29-43(28-41)54(7,8)9)48-32-39(24-25-55-48)37-21-18-35(5)19-22-37/h10-34,58H,1-9H3/i18D,19D,21D,22D,24D,25D,32D. The maximum Gasteiger partial charge on any atom is 0.149 e. The minimum Gasteiger partial charge on any atom is -0.507 e. The van der Waals surface area contributed by atoms with Crippen LogP contribution < -0.4 is 0 Å². The molecule has 2 aromatic heterocycles. The zero-order valence-electron chi connectivity index (χ0n) is 41.7. The van der Waals surface area contributed by atoms with Crippen LogP contribution in [0.4, 0.5) is 0 Å². The van der Waals surface area contributed by atoms with Crippen molar-refractivity contribution in [1.82, 2.24) is 14.5 Å². The number of hydrogen-bond acceptors (Lipinski definition) is 3. The van der Waals surface area contributed by atoms with Crippen LogP contribution in [0.2, 0.25) is 0 Å². The average Bonchev–Trinajstić information content (AvgIpc) is 3.66. The van der Waals surface area contributed by atoms with E-state index in [-0.39, 0.29) is 70.2 Å². The largest absolute Gasteiger partial charge is 0.507 e. The van der Waals surface area contributed by atoms with Crippen molar-refractivity contribution in [2.24, 2.45) is 0 Å². The van der Waals surface area contributed by atoms with Gasteiger partial charge in [-0.1, -0.05) is 144 Å². The number of nitrogens with zero attached hydrogens (tertiary/aromatic N) is 3. The molecule has 8 rings (SSSR count). The lowest BCUT2D eigenvalue weighted by Crippen LogP contribution is -2.11. The van der Waals surface area contributed by atoms with E-state index < -0.39 is 17.6 Å². The maximum absolute atomic E-state index is 12.2. The molecule has 4 nitrogen and oxygen atoms in total. The molecule has 2 heterocycles. The van der Waals surface area contributed by atoms with Crippen molar-refractivity contribution in [2.45, 2.75) is 79.6 Å². The fraction of sp³-hybridized carbons (Fsp3) is 0.222. The third-order valence-electron chi connectivity index (χ3n) is 10.8. The van der Waals surface area contributed by atoms with E-state index in [0.717, 1.165) is 55.7 Å². The van der Waals surface area contributed by atoms with E-state index in [0.29, 0.717) is 22.5 Å². The summed E-state index contributed by atoms with van der Waals surface area (Å²) in [6.45, 7) is 18.3. The number of aryl methyl sites for hydroxylation is 1. The average molecular weight is 767 g/mol. The molecular formula is C54H53N3O. The Kier molecular flexibility index (Phi) is 8.10. The van der Waals surface area contributed by atoms with Gasteiger partial charge in [-0.25, -0.2) is 4.98 Å². The van der Waals surface area contributed by atoms with Gasteiger partial charge < -0.3 is 5.11 Å². The van der Waals surface area contributed by atoms with E-state index in [1.165, 1.54) is 6.92 Å². The van der Waals surface area contributed by atoms with E-state index in [9.17, 15) is 6.48 Å². The summed E-state index contributed by atoms with van der Waals surface area (Å²) < 4.78 is 64.1. The number of aromatic hydroxyl groups is 1. The molecule has 1 N–H and O–H groups in total. The van der Waals surface area contributed by atoms with E-state index in [1.54, 1.807) is 0 Å². The molecule has 0 amide bonds. The number of pyridine rings is 1. The molecule has 8 aromatic rings. The van der Waals surface area contributed by atoms with Crippen molar-refractivity contribution in [3.63, 3.8) is 0 Å². The second-order valence-electron chi connectivity index (χ2n) is 16.9. The smallest absolute Gasteiger partial charge is 0.149 e. The van der Waals surface area contributed by atoms with E-state index in [1.807, 2.05) is 48.5 Å². The molecular weight excluding hydrogens is 707 g/mol. The maximum atomic E-state index is 12.2. The van der Waals surface area contributed by atoms with Crippen molar-refractivity contribution in [1.29, 1.82) is 0 Å². The highest BCUT2D eigenvalue weighted by atomic mass is 16.3. The molecule has 0 spiro atoms. The number of hydrogen-bond donors (Lipinski definition) is 1. The normalized spacial score (nSPS) is 13.6. The molecule has 0 saturated carbocycles. The summed E-state index contributed by atoms with van der Waals surface area (Å²) >= 11 is 0. The summed E-state index contributed by atoms with van der Waals surface area (Å²) in [6.07, 6.45) is -0.451. The minimum atomic E-state index is -0.451. The van der Waals surface area contributed by atoms with Gasteiger partial charge in [0.2, 0.25) is 0 Å². The first-order valence-electron chi connectivity index (χ1n) is 23.5. The number of rotatable bonds is 8. The van der Waals surface area contributed by atoms with Crippen LogP contribution in [0, 0.1) is 13.8 Å².